The standard InChI is InChI=1S/C17H18O3/c1-2-15(17(18)19)20-16(13-9-5-3-6-10-13)14-11-7-4-8-12-14/h3-12,15-16H,2H2,1H3,(H,18,19). The molecule has 0 amide bonds. The van der Waals surface area contributed by atoms with Crippen molar-refractivity contribution in [2.75, 3.05) is 0 Å². The molecular weight excluding hydrogens is 252 g/mol. The first-order valence-corrected chi connectivity index (χ1v) is 6.70. The highest BCUT2D eigenvalue weighted by molar-refractivity contribution is 5.72. The predicted molar refractivity (Wildman–Crippen MR) is 77.5 cm³/mol. The number of carbonyl (C=O) groups is 1. The number of aliphatic carboxylic acids is 1. The van der Waals surface area contributed by atoms with Gasteiger partial charge in [0.1, 0.15) is 6.10 Å². The Morgan fingerprint density at radius 1 is 1.00 bits per heavy atom. The van der Waals surface area contributed by atoms with Crippen molar-refractivity contribution < 1.29 is 14.6 Å². The van der Waals surface area contributed by atoms with Gasteiger partial charge in [-0.3, -0.25) is 0 Å². The van der Waals surface area contributed by atoms with E-state index in [0.717, 1.165) is 11.1 Å². The minimum absolute atomic E-state index is 0.363. The highest BCUT2D eigenvalue weighted by atomic mass is 16.5. The topological polar surface area (TPSA) is 46.5 Å². The van der Waals surface area contributed by atoms with Gasteiger partial charge >= 0.3 is 5.97 Å². The first kappa shape index (κ1) is 14.3. The Bertz CT molecular complexity index is 497. The smallest absolute Gasteiger partial charge is 0.332 e. The summed E-state index contributed by atoms with van der Waals surface area (Å²) in [5.74, 6) is -0.927. The van der Waals surface area contributed by atoms with Crippen molar-refractivity contribution >= 4 is 5.97 Å². The zero-order valence-corrected chi connectivity index (χ0v) is 11.4. The monoisotopic (exact) mass is 270 g/mol. The van der Waals surface area contributed by atoms with Crippen LogP contribution >= 0.6 is 0 Å². The van der Waals surface area contributed by atoms with Gasteiger partial charge in [0.05, 0.1) is 0 Å². The molecule has 0 aliphatic carbocycles. The van der Waals surface area contributed by atoms with E-state index < -0.39 is 12.1 Å². The molecule has 0 aliphatic heterocycles. The summed E-state index contributed by atoms with van der Waals surface area (Å²) in [6.07, 6.45) is -0.732. The van der Waals surface area contributed by atoms with Crippen molar-refractivity contribution in [2.24, 2.45) is 0 Å². The number of ether oxygens (including phenoxy) is 1. The van der Waals surface area contributed by atoms with Crippen LogP contribution in [0.4, 0.5) is 0 Å². The van der Waals surface area contributed by atoms with Crippen LogP contribution in [0.15, 0.2) is 60.7 Å². The predicted octanol–water partition coefficient (Wildman–Crippen LogP) is 3.66. The summed E-state index contributed by atoms with van der Waals surface area (Å²) in [6, 6.07) is 19.4. The Hall–Kier alpha value is -2.13. The molecule has 0 radical (unpaired) electrons. The molecule has 0 spiro atoms. The van der Waals surface area contributed by atoms with Gasteiger partial charge in [-0.25, -0.2) is 4.79 Å². The quantitative estimate of drug-likeness (QED) is 0.871. The molecule has 1 unspecified atom stereocenters. The Labute approximate surface area is 118 Å². The van der Waals surface area contributed by atoms with Crippen LogP contribution in [0.25, 0.3) is 0 Å². The Morgan fingerprint density at radius 2 is 1.45 bits per heavy atom. The molecular formula is C17H18O3. The van der Waals surface area contributed by atoms with Gasteiger partial charge in [0.25, 0.3) is 0 Å². The second-order valence-corrected chi connectivity index (χ2v) is 4.57. The largest absolute Gasteiger partial charge is 0.479 e. The van der Waals surface area contributed by atoms with Crippen LogP contribution in [0.1, 0.15) is 30.6 Å². The molecule has 1 atom stereocenters. The van der Waals surface area contributed by atoms with E-state index in [4.69, 9.17) is 4.74 Å². The van der Waals surface area contributed by atoms with Gasteiger partial charge in [0.2, 0.25) is 0 Å². The fraction of sp³-hybridized carbons (Fsp3) is 0.235. The highest BCUT2D eigenvalue weighted by Crippen LogP contribution is 2.27. The molecule has 3 heteroatoms. The van der Waals surface area contributed by atoms with Gasteiger partial charge in [-0.2, -0.15) is 0 Å². The van der Waals surface area contributed by atoms with Crippen LogP contribution in [0.5, 0.6) is 0 Å². The summed E-state index contributed by atoms with van der Waals surface area (Å²) in [6.45, 7) is 1.81. The molecule has 1 N–H and O–H groups in total. The normalized spacial score (nSPS) is 12.3. The van der Waals surface area contributed by atoms with Crippen molar-refractivity contribution in [1.29, 1.82) is 0 Å². The van der Waals surface area contributed by atoms with Gasteiger partial charge in [0, 0.05) is 0 Å². The maximum atomic E-state index is 11.2. The summed E-state index contributed by atoms with van der Waals surface area (Å²) < 4.78 is 5.83. The molecule has 0 saturated carbocycles. The van der Waals surface area contributed by atoms with E-state index in [2.05, 4.69) is 0 Å². The van der Waals surface area contributed by atoms with Gasteiger partial charge in [-0.05, 0) is 17.5 Å². The maximum absolute atomic E-state index is 11.2. The Kier molecular flexibility index (Phi) is 4.91. The summed E-state index contributed by atoms with van der Waals surface area (Å²) in [5.41, 5.74) is 1.91. The third-order valence-corrected chi connectivity index (χ3v) is 3.15. The molecule has 0 saturated heterocycles. The molecule has 2 aromatic carbocycles. The van der Waals surface area contributed by atoms with E-state index in [9.17, 15) is 9.90 Å². The molecule has 0 aliphatic rings. The third-order valence-electron chi connectivity index (χ3n) is 3.15. The minimum atomic E-state index is -0.927. The zero-order valence-electron chi connectivity index (χ0n) is 11.4. The lowest BCUT2D eigenvalue weighted by Gasteiger charge is -2.22. The van der Waals surface area contributed by atoms with Crippen LogP contribution in [-0.2, 0) is 9.53 Å². The second-order valence-electron chi connectivity index (χ2n) is 4.57. The molecule has 0 aromatic heterocycles. The molecule has 0 fully saturated rings. The molecule has 0 heterocycles. The third kappa shape index (κ3) is 3.45. The zero-order chi connectivity index (χ0) is 14.4. The van der Waals surface area contributed by atoms with Crippen LogP contribution < -0.4 is 0 Å². The van der Waals surface area contributed by atoms with E-state index in [-0.39, 0.29) is 6.10 Å². The van der Waals surface area contributed by atoms with E-state index >= 15 is 0 Å². The lowest BCUT2D eigenvalue weighted by Crippen LogP contribution is -2.25. The Morgan fingerprint density at radius 3 is 1.80 bits per heavy atom. The Balaban J connectivity index is 2.32. The van der Waals surface area contributed by atoms with E-state index in [0.29, 0.717) is 6.42 Å². The molecule has 2 aromatic rings. The van der Waals surface area contributed by atoms with Crippen molar-refractivity contribution in [3.8, 4) is 0 Å². The molecule has 3 nitrogen and oxygen atoms in total. The minimum Gasteiger partial charge on any atom is -0.479 e. The van der Waals surface area contributed by atoms with Gasteiger partial charge in [0.15, 0.2) is 6.10 Å². The van der Waals surface area contributed by atoms with Crippen molar-refractivity contribution in [3.63, 3.8) is 0 Å². The van der Waals surface area contributed by atoms with Gasteiger partial charge < -0.3 is 9.84 Å². The van der Waals surface area contributed by atoms with Crippen LogP contribution in [0.2, 0.25) is 0 Å². The first-order chi connectivity index (χ1) is 9.72. The van der Waals surface area contributed by atoms with Crippen LogP contribution in [0, 0.1) is 0 Å². The van der Waals surface area contributed by atoms with E-state index in [1.54, 1.807) is 0 Å². The van der Waals surface area contributed by atoms with Gasteiger partial charge in [-0.1, -0.05) is 67.6 Å². The second kappa shape index (κ2) is 6.87. The van der Waals surface area contributed by atoms with Crippen molar-refractivity contribution in [1.82, 2.24) is 0 Å². The summed E-state index contributed by atoms with van der Waals surface area (Å²) >= 11 is 0. The molecule has 104 valence electrons. The number of hydrogen-bond acceptors (Lipinski definition) is 2. The summed E-state index contributed by atoms with van der Waals surface area (Å²) in [5, 5.41) is 9.19. The summed E-state index contributed by atoms with van der Waals surface area (Å²) in [4.78, 5) is 11.2. The average Bonchev–Trinajstić information content (AvgIpc) is 2.50. The average molecular weight is 270 g/mol. The lowest BCUT2D eigenvalue weighted by atomic mass is 10.0. The van der Waals surface area contributed by atoms with Crippen LogP contribution in [0.3, 0.4) is 0 Å². The number of benzene rings is 2. The van der Waals surface area contributed by atoms with Crippen LogP contribution in [-0.4, -0.2) is 17.2 Å². The van der Waals surface area contributed by atoms with Gasteiger partial charge in [-0.15, -0.1) is 0 Å². The summed E-state index contributed by atoms with van der Waals surface area (Å²) in [7, 11) is 0. The number of carboxylic acids is 1. The molecule has 20 heavy (non-hydrogen) atoms. The highest BCUT2D eigenvalue weighted by Gasteiger charge is 2.23. The van der Waals surface area contributed by atoms with Crippen molar-refractivity contribution in [2.45, 2.75) is 25.6 Å². The number of hydrogen-bond donors (Lipinski definition) is 1. The number of rotatable bonds is 6. The van der Waals surface area contributed by atoms with E-state index in [1.165, 1.54) is 0 Å². The number of carboxylic acid groups (broad SMARTS) is 1. The fourth-order valence-electron chi connectivity index (χ4n) is 2.10. The SMILES string of the molecule is CCC(OC(c1ccccc1)c1ccccc1)C(=O)O. The van der Waals surface area contributed by atoms with Crippen molar-refractivity contribution in [3.05, 3.63) is 71.8 Å². The fourth-order valence-corrected chi connectivity index (χ4v) is 2.10. The first-order valence-electron chi connectivity index (χ1n) is 6.70. The molecule has 2 rings (SSSR count). The lowest BCUT2D eigenvalue weighted by molar-refractivity contribution is -0.153. The van der Waals surface area contributed by atoms with E-state index in [1.807, 2.05) is 67.6 Å². The molecule has 0 bridgehead atoms. The maximum Gasteiger partial charge on any atom is 0.332 e.